The van der Waals surface area contributed by atoms with Crippen LogP contribution in [-0.4, -0.2) is 47.1 Å². The number of Topliss-reactive ketones (excluding diaryl/α,β-unsaturated/α-hetero) is 2. The molecule has 0 spiro atoms. The van der Waals surface area contributed by atoms with Gasteiger partial charge in [-0.25, -0.2) is 0 Å². The zero-order chi connectivity index (χ0) is 20.5. The standard InChI is InChI=1S/C20H20O8/c1-23-12-9-15(26-4)17-16(10-12)28-20(27-5,19(22)18(17)21)11-6-7-13(24-2)14(8-11)25-3/h6-10H,1-5H3. The number of carbonyl (C=O) groups is 2. The Labute approximate surface area is 161 Å². The van der Waals surface area contributed by atoms with E-state index in [1.165, 1.54) is 53.7 Å². The first-order chi connectivity index (χ1) is 13.4. The lowest BCUT2D eigenvalue weighted by Crippen LogP contribution is -2.50. The second-order valence-corrected chi connectivity index (χ2v) is 5.85. The molecule has 28 heavy (non-hydrogen) atoms. The first-order valence-corrected chi connectivity index (χ1v) is 8.27. The van der Waals surface area contributed by atoms with E-state index in [1.54, 1.807) is 12.1 Å². The van der Waals surface area contributed by atoms with Gasteiger partial charge in [0.05, 0.1) is 28.4 Å². The summed E-state index contributed by atoms with van der Waals surface area (Å²) in [5.74, 6) is -2.18. The van der Waals surface area contributed by atoms with E-state index >= 15 is 0 Å². The highest BCUT2D eigenvalue weighted by Gasteiger charge is 2.53. The molecule has 1 aliphatic heterocycles. The molecule has 0 fully saturated rings. The Morgan fingerprint density at radius 3 is 2.04 bits per heavy atom. The fourth-order valence-corrected chi connectivity index (χ4v) is 3.10. The highest BCUT2D eigenvalue weighted by molar-refractivity contribution is 6.48. The van der Waals surface area contributed by atoms with E-state index in [0.29, 0.717) is 17.2 Å². The quantitative estimate of drug-likeness (QED) is 0.697. The fourth-order valence-electron chi connectivity index (χ4n) is 3.10. The summed E-state index contributed by atoms with van der Waals surface area (Å²) in [4.78, 5) is 26.0. The molecule has 0 saturated carbocycles. The van der Waals surface area contributed by atoms with Crippen LogP contribution in [0.5, 0.6) is 28.7 Å². The van der Waals surface area contributed by atoms with Crippen molar-refractivity contribution in [2.75, 3.05) is 35.5 Å². The van der Waals surface area contributed by atoms with E-state index in [-0.39, 0.29) is 22.6 Å². The highest BCUT2D eigenvalue weighted by atomic mass is 16.7. The lowest BCUT2D eigenvalue weighted by atomic mass is 9.90. The minimum absolute atomic E-state index is 0.0152. The van der Waals surface area contributed by atoms with Gasteiger partial charge in [0.2, 0.25) is 5.78 Å². The van der Waals surface area contributed by atoms with Crippen LogP contribution in [0, 0.1) is 0 Å². The van der Waals surface area contributed by atoms with Gasteiger partial charge in [-0.05, 0) is 18.2 Å². The molecule has 0 saturated heterocycles. The molecule has 0 bridgehead atoms. The summed E-state index contributed by atoms with van der Waals surface area (Å²) in [6.07, 6.45) is 0. The fraction of sp³-hybridized carbons (Fsp3) is 0.300. The van der Waals surface area contributed by atoms with Crippen molar-refractivity contribution >= 4 is 11.6 Å². The van der Waals surface area contributed by atoms with Crippen molar-refractivity contribution in [3.8, 4) is 28.7 Å². The van der Waals surface area contributed by atoms with Crippen LogP contribution in [0.15, 0.2) is 30.3 Å². The number of hydrogen-bond donors (Lipinski definition) is 0. The van der Waals surface area contributed by atoms with Crippen molar-refractivity contribution in [1.82, 2.24) is 0 Å². The van der Waals surface area contributed by atoms with Gasteiger partial charge < -0.3 is 28.4 Å². The number of rotatable bonds is 6. The van der Waals surface area contributed by atoms with Crippen molar-refractivity contribution in [3.63, 3.8) is 0 Å². The molecule has 0 amide bonds. The average Bonchev–Trinajstić information content (AvgIpc) is 2.74. The van der Waals surface area contributed by atoms with Crippen molar-refractivity contribution in [3.05, 3.63) is 41.5 Å². The number of carbonyl (C=O) groups excluding carboxylic acids is 2. The van der Waals surface area contributed by atoms with Gasteiger partial charge in [-0.1, -0.05) is 0 Å². The zero-order valence-electron chi connectivity index (χ0n) is 16.2. The second kappa shape index (κ2) is 7.40. The molecule has 2 aromatic rings. The van der Waals surface area contributed by atoms with Gasteiger partial charge >= 0.3 is 5.79 Å². The molecule has 0 aromatic heterocycles. The summed E-state index contributed by atoms with van der Waals surface area (Å²) in [5.41, 5.74) is 0.292. The molecule has 2 aromatic carbocycles. The molecule has 3 rings (SSSR count). The molecule has 1 heterocycles. The highest BCUT2D eigenvalue weighted by Crippen LogP contribution is 2.45. The summed E-state index contributed by atoms with van der Waals surface area (Å²) < 4.78 is 32.4. The third-order valence-electron chi connectivity index (χ3n) is 4.53. The van der Waals surface area contributed by atoms with Crippen molar-refractivity contribution in [2.24, 2.45) is 0 Å². The Kier molecular flexibility index (Phi) is 5.15. The number of hydrogen-bond acceptors (Lipinski definition) is 8. The normalized spacial score (nSPS) is 18.2. The van der Waals surface area contributed by atoms with E-state index in [0.717, 1.165) is 0 Å². The number of methoxy groups -OCH3 is 5. The predicted molar refractivity (Wildman–Crippen MR) is 97.7 cm³/mol. The molecule has 148 valence electrons. The third kappa shape index (κ3) is 2.82. The van der Waals surface area contributed by atoms with Crippen LogP contribution in [0.4, 0.5) is 0 Å². The van der Waals surface area contributed by atoms with Gasteiger partial charge in [0, 0.05) is 24.8 Å². The summed E-state index contributed by atoms with van der Waals surface area (Å²) in [6, 6.07) is 7.69. The molecule has 0 N–H and O–H groups in total. The van der Waals surface area contributed by atoms with Crippen LogP contribution < -0.4 is 23.7 Å². The van der Waals surface area contributed by atoms with Gasteiger partial charge in [0.1, 0.15) is 22.8 Å². The molecule has 8 heteroatoms. The third-order valence-corrected chi connectivity index (χ3v) is 4.53. The van der Waals surface area contributed by atoms with E-state index in [9.17, 15) is 9.59 Å². The van der Waals surface area contributed by atoms with Crippen molar-refractivity contribution in [1.29, 1.82) is 0 Å². The number of ether oxygens (including phenoxy) is 6. The Morgan fingerprint density at radius 1 is 0.786 bits per heavy atom. The summed E-state index contributed by atoms with van der Waals surface area (Å²) >= 11 is 0. The minimum Gasteiger partial charge on any atom is -0.496 e. The maximum absolute atomic E-state index is 13.1. The zero-order valence-corrected chi connectivity index (χ0v) is 16.2. The average molecular weight is 388 g/mol. The molecule has 0 aliphatic carbocycles. The van der Waals surface area contributed by atoms with E-state index < -0.39 is 17.4 Å². The van der Waals surface area contributed by atoms with Crippen LogP contribution in [0.1, 0.15) is 15.9 Å². The van der Waals surface area contributed by atoms with Crippen LogP contribution in [0.25, 0.3) is 0 Å². The topological polar surface area (TPSA) is 89.5 Å². The van der Waals surface area contributed by atoms with Crippen molar-refractivity contribution in [2.45, 2.75) is 5.79 Å². The van der Waals surface area contributed by atoms with Crippen LogP contribution in [-0.2, 0) is 15.3 Å². The minimum atomic E-state index is -1.99. The van der Waals surface area contributed by atoms with Crippen molar-refractivity contribution < 1.29 is 38.0 Å². The lowest BCUT2D eigenvalue weighted by Gasteiger charge is -2.35. The largest absolute Gasteiger partial charge is 0.496 e. The summed E-state index contributed by atoms with van der Waals surface area (Å²) in [5, 5.41) is 0. The maximum atomic E-state index is 13.1. The Bertz CT molecular complexity index is 936. The maximum Gasteiger partial charge on any atom is 0.305 e. The van der Waals surface area contributed by atoms with Gasteiger partial charge in [-0.15, -0.1) is 0 Å². The van der Waals surface area contributed by atoms with Gasteiger partial charge in [0.15, 0.2) is 11.5 Å². The lowest BCUT2D eigenvalue weighted by molar-refractivity contribution is -0.185. The van der Waals surface area contributed by atoms with E-state index in [4.69, 9.17) is 28.4 Å². The second-order valence-electron chi connectivity index (χ2n) is 5.85. The first kappa shape index (κ1) is 19.5. The molecular weight excluding hydrogens is 368 g/mol. The van der Waals surface area contributed by atoms with Gasteiger partial charge in [0.25, 0.3) is 5.78 Å². The Hall–Kier alpha value is -3.26. The van der Waals surface area contributed by atoms with E-state index in [1.807, 2.05) is 0 Å². The van der Waals surface area contributed by atoms with Crippen LogP contribution in [0.2, 0.25) is 0 Å². The van der Waals surface area contributed by atoms with Gasteiger partial charge in [-0.2, -0.15) is 0 Å². The number of fused-ring (bicyclic) bond motifs is 1. The Balaban J connectivity index is 2.21. The van der Waals surface area contributed by atoms with E-state index in [2.05, 4.69) is 0 Å². The summed E-state index contributed by atoms with van der Waals surface area (Å²) in [7, 11) is 7.09. The molecular formula is C20H20O8. The SMILES string of the molecule is COc1cc(OC)c2c(c1)OC(OC)(c1ccc(OC)c(OC)c1)C(=O)C2=O. The van der Waals surface area contributed by atoms with Crippen LogP contribution in [0.3, 0.4) is 0 Å². The summed E-state index contributed by atoms with van der Waals surface area (Å²) in [6.45, 7) is 0. The number of ketones is 2. The first-order valence-electron chi connectivity index (χ1n) is 8.27. The molecule has 1 unspecified atom stereocenters. The van der Waals surface area contributed by atoms with Gasteiger partial charge in [-0.3, -0.25) is 9.59 Å². The monoisotopic (exact) mass is 388 g/mol. The molecule has 1 atom stereocenters. The molecule has 0 radical (unpaired) electrons. The predicted octanol–water partition coefficient (Wildman–Crippen LogP) is 2.36. The Morgan fingerprint density at radius 2 is 1.46 bits per heavy atom. The number of benzene rings is 2. The van der Waals surface area contributed by atoms with Crippen LogP contribution >= 0.6 is 0 Å². The smallest absolute Gasteiger partial charge is 0.305 e. The molecule has 8 nitrogen and oxygen atoms in total. The molecule has 1 aliphatic rings.